The van der Waals surface area contributed by atoms with Crippen LogP contribution in [0.2, 0.25) is 0 Å². The lowest BCUT2D eigenvalue weighted by Gasteiger charge is -2.57. The summed E-state index contributed by atoms with van der Waals surface area (Å²) in [5.74, 6) is 4.87. The molecular weight excluding hydrogens is 404 g/mol. The fourth-order valence-electron chi connectivity index (χ4n) is 9.43. The molecule has 0 saturated heterocycles. The van der Waals surface area contributed by atoms with Gasteiger partial charge in [0.1, 0.15) is 6.10 Å². The maximum Gasteiger partial charge on any atom is 0.302 e. The van der Waals surface area contributed by atoms with Crippen LogP contribution in [0.15, 0.2) is 11.1 Å². The second-order valence-electron chi connectivity index (χ2n) is 13.4. The van der Waals surface area contributed by atoms with Crippen LogP contribution in [0.1, 0.15) is 126 Å². The van der Waals surface area contributed by atoms with Crippen molar-refractivity contribution in [3.05, 3.63) is 11.1 Å². The van der Waals surface area contributed by atoms with Crippen molar-refractivity contribution < 1.29 is 9.53 Å². The molecule has 4 aliphatic rings. The molecule has 33 heavy (non-hydrogen) atoms. The van der Waals surface area contributed by atoms with Gasteiger partial charge in [0.15, 0.2) is 0 Å². The van der Waals surface area contributed by atoms with Gasteiger partial charge in [0.25, 0.3) is 0 Å². The Morgan fingerprint density at radius 1 is 1.03 bits per heavy atom. The molecule has 0 unspecified atom stereocenters. The van der Waals surface area contributed by atoms with E-state index in [1.54, 1.807) is 6.92 Å². The van der Waals surface area contributed by atoms with Crippen LogP contribution in [0.5, 0.6) is 0 Å². The summed E-state index contributed by atoms with van der Waals surface area (Å²) >= 11 is 0. The molecule has 0 aliphatic heterocycles. The molecule has 0 aromatic heterocycles. The van der Waals surface area contributed by atoms with Crippen molar-refractivity contribution in [2.45, 2.75) is 132 Å². The van der Waals surface area contributed by atoms with Crippen molar-refractivity contribution in [3.63, 3.8) is 0 Å². The molecule has 4 aliphatic carbocycles. The molecule has 0 amide bonds. The molecule has 0 N–H and O–H groups in total. The minimum atomic E-state index is -0.0968. The SMILES string of the molecule is CC[C@H](CC[C@@H](C)[C@@H]1CCC2=C3CC[C@H]4C[C@H](OC(C)=O)CC[C@]4(C)[C@@H]3CC[C@]21C)C(C)C. The van der Waals surface area contributed by atoms with E-state index in [-0.39, 0.29) is 12.1 Å². The molecule has 0 spiro atoms. The lowest BCUT2D eigenvalue weighted by molar-refractivity contribution is -0.152. The van der Waals surface area contributed by atoms with E-state index in [0.29, 0.717) is 10.8 Å². The molecule has 2 nitrogen and oxygen atoms in total. The van der Waals surface area contributed by atoms with Gasteiger partial charge in [-0.25, -0.2) is 0 Å². The second kappa shape index (κ2) is 9.69. The number of ether oxygens (including phenoxy) is 1. The van der Waals surface area contributed by atoms with E-state index >= 15 is 0 Å². The van der Waals surface area contributed by atoms with Crippen LogP contribution in [0.3, 0.4) is 0 Å². The predicted octanol–water partition coefficient (Wildman–Crippen LogP) is 8.74. The van der Waals surface area contributed by atoms with Gasteiger partial charge in [-0.2, -0.15) is 0 Å². The number of fused-ring (bicyclic) bond motifs is 4. The van der Waals surface area contributed by atoms with Crippen molar-refractivity contribution in [3.8, 4) is 0 Å². The molecule has 0 bridgehead atoms. The van der Waals surface area contributed by atoms with Crippen LogP contribution in [-0.4, -0.2) is 12.1 Å². The van der Waals surface area contributed by atoms with Crippen LogP contribution in [-0.2, 0) is 9.53 Å². The van der Waals surface area contributed by atoms with Crippen LogP contribution in [0, 0.1) is 46.3 Å². The van der Waals surface area contributed by atoms with Gasteiger partial charge in [-0.15, -0.1) is 0 Å². The third kappa shape index (κ3) is 4.58. The molecule has 2 heteroatoms. The molecule has 0 aromatic rings. The van der Waals surface area contributed by atoms with Crippen molar-refractivity contribution in [1.82, 2.24) is 0 Å². The van der Waals surface area contributed by atoms with Crippen molar-refractivity contribution in [2.75, 3.05) is 0 Å². The number of hydrogen-bond donors (Lipinski definition) is 0. The Kier molecular flexibility index (Phi) is 7.43. The summed E-state index contributed by atoms with van der Waals surface area (Å²) in [6.45, 7) is 16.6. The van der Waals surface area contributed by atoms with E-state index in [0.717, 1.165) is 48.3 Å². The topological polar surface area (TPSA) is 26.3 Å². The zero-order valence-corrected chi connectivity index (χ0v) is 22.8. The first-order valence-corrected chi connectivity index (χ1v) is 14.5. The molecule has 0 aromatic carbocycles. The van der Waals surface area contributed by atoms with Gasteiger partial charge < -0.3 is 4.74 Å². The molecule has 3 fully saturated rings. The normalized spacial score (nSPS) is 40.1. The first-order chi connectivity index (χ1) is 15.6. The van der Waals surface area contributed by atoms with Crippen LogP contribution >= 0.6 is 0 Å². The Hall–Kier alpha value is -0.790. The van der Waals surface area contributed by atoms with Gasteiger partial charge in [0.2, 0.25) is 0 Å². The quantitative estimate of drug-likeness (QED) is 0.283. The average Bonchev–Trinajstić information content (AvgIpc) is 3.11. The number of hydrogen-bond acceptors (Lipinski definition) is 2. The predicted molar refractivity (Wildman–Crippen MR) is 138 cm³/mol. The Morgan fingerprint density at radius 2 is 1.79 bits per heavy atom. The highest BCUT2D eigenvalue weighted by atomic mass is 16.5. The van der Waals surface area contributed by atoms with Gasteiger partial charge >= 0.3 is 5.97 Å². The van der Waals surface area contributed by atoms with E-state index in [1.165, 1.54) is 64.2 Å². The monoisotopic (exact) mass is 456 g/mol. The minimum absolute atomic E-state index is 0.0968. The highest BCUT2D eigenvalue weighted by Gasteiger charge is 2.55. The van der Waals surface area contributed by atoms with E-state index in [4.69, 9.17) is 4.74 Å². The van der Waals surface area contributed by atoms with Crippen LogP contribution in [0.25, 0.3) is 0 Å². The van der Waals surface area contributed by atoms with Crippen molar-refractivity contribution in [1.29, 1.82) is 0 Å². The summed E-state index contributed by atoms with van der Waals surface area (Å²) < 4.78 is 5.66. The van der Waals surface area contributed by atoms with Crippen LogP contribution in [0.4, 0.5) is 0 Å². The van der Waals surface area contributed by atoms with Gasteiger partial charge in [-0.3, -0.25) is 4.79 Å². The average molecular weight is 457 g/mol. The molecule has 3 saturated carbocycles. The summed E-state index contributed by atoms with van der Waals surface area (Å²) in [6.07, 6.45) is 16.0. The Bertz CT molecular complexity index is 750. The summed E-state index contributed by atoms with van der Waals surface area (Å²) in [5.41, 5.74) is 4.70. The third-order valence-electron chi connectivity index (χ3n) is 11.5. The molecule has 0 radical (unpaired) electrons. The Balaban J connectivity index is 1.49. The number of rotatable bonds is 7. The first kappa shape index (κ1) is 25.3. The van der Waals surface area contributed by atoms with Crippen molar-refractivity contribution >= 4 is 5.97 Å². The summed E-state index contributed by atoms with van der Waals surface area (Å²) in [7, 11) is 0. The molecule has 8 atom stereocenters. The van der Waals surface area contributed by atoms with E-state index in [9.17, 15) is 4.79 Å². The zero-order chi connectivity index (χ0) is 24.0. The van der Waals surface area contributed by atoms with Gasteiger partial charge in [0.05, 0.1) is 0 Å². The van der Waals surface area contributed by atoms with E-state index in [1.807, 2.05) is 11.1 Å². The zero-order valence-electron chi connectivity index (χ0n) is 22.8. The largest absolute Gasteiger partial charge is 0.463 e. The van der Waals surface area contributed by atoms with Gasteiger partial charge in [-0.1, -0.05) is 65.5 Å². The summed E-state index contributed by atoms with van der Waals surface area (Å²) in [5, 5.41) is 0. The standard InChI is InChI=1S/C31H52O2/c1-8-23(20(2)3)10-9-21(4)27-13-14-28-26-12-11-24-19-25(33-22(5)32)15-17-30(24,6)29(26)16-18-31(27,28)7/h20-21,23-25,27,29H,8-19H2,1-7H3/t21-,23-,24+,25-,27+,29-,30+,31+/m1/s1. The number of allylic oxidation sites excluding steroid dienone is 2. The summed E-state index contributed by atoms with van der Waals surface area (Å²) in [4.78, 5) is 11.5. The molecule has 4 rings (SSSR count). The van der Waals surface area contributed by atoms with Gasteiger partial charge in [0, 0.05) is 6.92 Å². The fourth-order valence-corrected chi connectivity index (χ4v) is 9.43. The maximum atomic E-state index is 11.5. The van der Waals surface area contributed by atoms with E-state index < -0.39 is 0 Å². The van der Waals surface area contributed by atoms with Gasteiger partial charge in [-0.05, 0) is 111 Å². The highest BCUT2D eigenvalue weighted by molar-refractivity contribution is 5.66. The lowest BCUT2D eigenvalue weighted by Crippen LogP contribution is -2.48. The number of carbonyl (C=O) groups is 1. The molecule has 0 heterocycles. The second-order valence-corrected chi connectivity index (χ2v) is 13.4. The maximum absolute atomic E-state index is 11.5. The fraction of sp³-hybridized carbons (Fsp3) is 0.903. The molecule has 188 valence electrons. The van der Waals surface area contributed by atoms with Crippen LogP contribution < -0.4 is 0 Å². The lowest BCUT2D eigenvalue weighted by atomic mass is 9.48. The number of carbonyl (C=O) groups excluding carboxylic acids is 1. The number of esters is 1. The Morgan fingerprint density at radius 3 is 2.45 bits per heavy atom. The summed E-state index contributed by atoms with van der Waals surface area (Å²) in [6, 6.07) is 0. The highest BCUT2D eigenvalue weighted by Crippen LogP contribution is 2.66. The first-order valence-electron chi connectivity index (χ1n) is 14.5. The smallest absolute Gasteiger partial charge is 0.302 e. The molecular formula is C31H52O2. The third-order valence-corrected chi connectivity index (χ3v) is 11.5. The Labute approximate surface area is 204 Å². The van der Waals surface area contributed by atoms with Crippen molar-refractivity contribution in [2.24, 2.45) is 46.3 Å². The van der Waals surface area contributed by atoms with E-state index in [2.05, 4.69) is 41.5 Å². The minimum Gasteiger partial charge on any atom is -0.463 e.